The van der Waals surface area contributed by atoms with Gasteiger partial charge < -0.3 is 14.2 Å². The number of hydrogen-bond acceptors (Lipinski definition) is 5. The van der Waals surface area contributed by atoms with Crippen LogP contribution in [0.25, 0.3) is 0 Å². The van der Waals surface area contributed by atoms with E-state index in [1.54, 1.807) is 0 Å². The van der Waals surface area contributed by atoms with Crippen LogP contribution in [0.1, 0.15) is 201 Å². The molecule has 64 heavy (non-hydrogen) atoms. The summed E-state index contributed by atoms with van der Waals surface area (Å²) >= 11 is 0. The molecule has 1 atom stereocenters. The Labute approximate surface area is 394 Å². The van der Waals surface area contributed by atoms with Crippen molar-refractivity contribution in [2.45, 2.75) is 207 Å². The maximum Gasteiger partial charge on any atom is 0.306 e. The molecular weight excluding hydrogens is 789 g/mol. The van der Waals surface area contributed by atoms with Gasteiger partial charge in [0.25, 0.3) is 0 Å². The first-order valence-corrected chi connectivity index (χ1v) is 25.7. The second kappa shape index (κ2) is 53.4. The molecule has 0 aromatic rings. The minimum absolute atomic E-state index is 0.0154. The van der Waals surface area contributed by atoms with E-state index >= 15 is 0 Å². The zero-order chi connectivity index (χ0) is 46.3. The van der Waals surface area contributed by atoms with E-state index in [2.05, 4.69) is 148 Å². The fraction of sp³-hybridized carbons (Fsp3) is 0.593. The van der Waals surface area contributed by atoms with Gasteiger partial charge in [-0.25, -0.2) is 0 Å². The molecule has 0 aliphatic carbocycles. The lowest BCUT2D eigenvalue weighted by Gasteiger charge is -2.18. The lowest BCUT2D eigenvalue weighted by Crippen LogP contribution is -2.30. The van der Waals surface area contributed by atoms with Crippen molar-refractivity contribution < 1.29 is 23.8 Å². The fourth-order valence-electron chi connectivity index (χ4n) is 6.45. The van der Waals surface area contributed by atoms with E-state index in [-0.39, 0.29) is 31.6 Å². The summed E-state index contributed by atoms with van der Waals surface area (Å²) in [7, 11) is 0. The van der Waals surface area contributed by atoms with E-state index in [0.29, 0.717) is 25.9 Å². The van der Waals surface area contributed by atoms with Gasteiger partial charge in [0.05, 0.1) is 6.61 Å². The first-order valence-electron chi connectivity index (χ1n) is 25.7. The Morgan fingerprint density at radius 3 is 1.12 bits per heavy atom. The average molecular weight is 883 g/mol. The van der Waals surface area contributed by atoms with Crippen LogP contribution < -0.4 is 0 Å². The van der Waals surface area contributed by atoms with Crippen LogP contribution in [0.3, 0.4) is 0 Å². The third-order valence-electron chi connectivity index (χ3n) is 10.2. The Hall–Kier alpha value is -3.96. The number of esters is 2. The van der Waals surface area contributed by atoms with E-state index < -0.39 is 6.10 Å². The number of unbranched alkanes of at least 4 members (excludes halogenated alkanes) is 12. The van der Waals surface area contributed by atoms with Crippen molar-refractivity contribution in [1.82, 2.24) is 0 Å². The molecule has 0 aromatic carbocycles. The number of rotatable bonds is 45. The number of ether oxygens (including phenoxy) is 3. The normalized spacial score (nSPS) is 13.4. The molecular formula is C59H94O5. The monoisotopic (exact) mass is 883 g/mol. The number of allylic oxidation sites excluding steroid dienone is 22. The Kier molecular flexibility index (Phi) is 50.1. The molecule has 0 N–H and O–H groups in total. The van der Waals surface area contributed by atoms with Crippen LogP contribution in [0.4, 0.5) is 0 Å². The molecule has 5 nitrogen and oxygen atoms in total. The van der Waals surface area contributed by atoms with Crippen LogP contribution in [0, 0.1) is 0 Å². The van der Waals surface area contributed by atoms with Crippen molar-refractivity contribution >= 4 is 11.9 Å². The van der Waals surface area contributed by atoms with Crippen molar-refractivity contribution in [1.29, 1.82) is 0 Å². The topological polar surface area (TPSA) is 61.8 Å². The number of carbonyl (C=O) groups is 2. The summed E-state index contributed by atoms with van der Waals surface area (Å²) in [5.74, 6) is -0.569. The molecule has 0 aromatic heterocycles. The molecule has 0 aliphatic heterocycles. The summed E-state index contributed by atoms with van der Waals surface area (Å²) in [4.78, 5) is 25.3. The van der Waals surface area contributed by atoms with Crippen LogP contribution in [-0.4, -0.2) is 37.9 Å². The van der Waals surface area contributed by atoms with Crippen molar-refractivity contribution in [2.24, 2.45) is 0 Å². The molecule has 0 radical (unpaired) electrons. The van der Waals surface area contributed by atoms with Gasteiger partial charge in [0.2, 0.25) is 0 Å². The highest BCUT2D eigenvalue weighted by Gasteiger charge is 2.17. The molecule has 0 spiro atoms. The summed E-state index contributed by atoms with van der Waals surface area (Å²) in [6.07, 6.45) is 76.2. The molecule has 0 fully saturated rings. The Balaban J connectivity index is 4.49. The summed E-state index contributed by atoms with van der Waals surface area (Å²) < 4.78 is 17.3. The predicted molar refractivity (Wildman–Crippen MR) is 278 cm³/mol. The molecule has 1 unspecified atom stereocenters. The number of hydrogen-bond donors (Lipinski definition) is 0. The van der Waals surface area contributed by atoms with Crippen LogP contribution in [0.2, 0.25) is 0 Å². The largest absolute Gasteiger partial charge is 0.462 e. The molecule has 360 valence electrons. The van der Waals surface area contributed by atoms with E-state index in [1.165, 1.54) is 64.2 Å². The highest BCUT2D eigenvalue weighted by molar-refractivity contribution is 5.70. The van der Waals surface area contributed by atoms with Gasteiger partial charge >= 0.3 is 11.9 Å². The van der Waals surface area contributed by atoms with Crippen LogP contribution in [-0.2, 0) is 23.8 Å². The number of carbonyl (C=O) groups excluding carboxylic acids is 2. The van der Waals surface area contributed by atoms with Gasteiger partial charge in [0, 0.05) is 19.4 Å². The van der Waals surface area contributed by atoms with Gasteiger partial charge in [-0.3, -0.25) is 9.59 Å². The molecule has 0 saturated carbocycles. The van der Waals surface area contributed by atoms with Crippen LogP contribution >= 0.6 is 0 Å². The first-order chi connectivity index (χ1) is 31.6. The maximum atomic E-state index is 12.8. The van der Waals surface area contributed by atoms with Crippen molar-refractivity contribution in [2.75, 3.05) is 19.8 Å². The summed E-state index contributed by atoms with van der Waals surface area (Å²) in [6, 6.07) is 0. The minimum atomic E-state index is -0.603. The third kappa shape index (κ3) is 50.7. The molecule has 5 heteroatoms. The molecule has 0 bridgehead atoms. The Bertz CT molecular complexity index is 1370. The summed E-state index contributed by atoms with van der Waals surface area (Å²) in [5.41, 5.74) is 0. The average Bonchev–Trinajstić information content (AvgIpc) is 3.30. The van der Waals surface area contributed by atoms with Crippen molar-refractivity contribution in [3.8, 4) is 0 Å². The van der Waals surface area contributed by atoms with Gasteiger partial charge in [-0.15, -0.1) is 0 Å². The maximum absolute atomic E-state index is 12.8. The van der Waals surface area contributed by atoms with E-state index in [0.717, 1.165) is 89.9 Å². The molecule has 0 aliphatic rings. The predicted octanol–water partition coefficient (Wildman–Crippen LogP) is 17.6. The van der Waals surface area contributed by atoms with Crippen LogP contribution in [0.5, 0.6) is 0 Å². The fourth-order valence-corrected chi connectivity index (χ4v) is 6.45. The van der Waals surface area contributed by atoms with E-state index in [4.69, 9.17) is 14.2 Å². The smallest absolute Gasteiger partial charge is 0.306 e. The van der Waals surface area contributed by atoms with Crippen LogP contribution in [0.15, 0.2) is 134 Å². The highest BCUT2D eigenvalue weighted by atomic mass is 16.6. The zero-order valence-corrected chi connectivity index (χ0v) is 41.2. The Morgan fingerprint density at radius 2 is 0.719 bits per heavy atom. The van der Waals surface area contributed by atoms with Gasteiger partial charge in [-0.1, -0.05) is 225 Å². The molecule has 0 amide bonds. The molecule has 0 rings (SSSR count). The van der Waals surface area contributed by atoms with E-state index in [9.17, 15) is 9.59 Å². The third-order valence-corrected chi connectivity index (χ3v) is 10.2. The van der Waals surface area contributed by atoms with Gasteiger partial charge in [0.15, 0.2) is 6.10 Å². The summed E-state index contributed by atoms with van der Waals surface area (Å²) in [5, 5.41) is 0. The lowest BCUT2D eigenvalue weighted by molar-refractivity contribution is -0.162. The first kappa shape index (κ1) is 60.0. The molecule has 0 heterocycles. The second-order valence-corrected chi connectivity index (χ2v) is 16.3. The highest BCUT2D eigenvalue weighted by Crippen LogP contribution is 2.13. The van der Waals surface area contributed by atoms with Gasteiger partial charge in [0.1, 0.15) is 6.61 Å². The minimum Gasteiger partial charge on any atom is -0.462 e. The van der Waals surface area contributed by atoms with Crippen molar-refractivity contribution in [3.05, 3.63) is 134 Å². The quantitative estimate of drug-likeness (QED) is 0.0346. The zero-order valence-electron chi connectivity index (χ0n) is 41.2. The lowest BCUT2D eigenvalue weighted by atomic mass is 10.1. The SMILES string of the molecule is CC/C=C\C/C=C\C/C=C\C/C=C\C/C=C\C/C=C\CCC(=O)OCC(COCCCCCCCCCCCCCC)OC(=O)CCC/C=C\C/C=C\C/C=C\C/C=C\C/C=C\CC. The second-order valence-electron chi connectivity index (χ2n) is 16.3. The molecule has 0 saturated heterocycles. The standard InChI is InChI=1S/C59H94O5/c1-4-7-10-13-16-19-22-25-27-29-30-32-33-35-37-40-43-46-49-52-58(60)63-56-57(55-62-54-51-48-45-42-39-24-21-18-15-12-9-6-3)64-59(61)53-50-47-44-41-38-36-34-31-28-26-23-20-17-14-11-8-5-2/h7-8,10-11,16-17,19-20,25-28,30,32,34-37,41,43-44,46,57H,4-6,9,12-15,18,21-24,29,31,33,38-40,42,45,47-56H2,1-3H3/b10-7-,11-8-,19-16-,20-17-,27-25-,28-26-,32-30-,36-34-,37-35-,44-41-,46-43-. The summed E-state index contributed by atoms with van der Waals surface area (Å²) in [6.45, 7) is 7.44. The Morgan fingerprint density at radius 1 is 0.359 bits per heavy atom. The van der Waals surface area contributed by atoms with Crippen molar-refractivity contribution in [3.63, 3.8) is 0 Å². The van der Waals surface area contributed by atoms with E-state index in [1.807, 2.05) is 6.08 Å². The van der Waals surface area contributed by atoms with Gasteiger partial charge in [-0.05, 0) is 96.3 Å². The van der Waals surface area contributed by atoms with Gasteiger partial charge in [-0.2, -0.15) is 0 Å².